The molecular formula is C13H24N2OS. The summed E-state index contributed by atoms with van der Waals surface area (Å²) in [7, 11) is 0. The molecule has 1 amide bonds. The largest absolute Gasteiger partial charge is 0.338 e. The minimum Gasteiger partial charge on any atom is -0.338 e. The molecule has 2 heterocycles. The molecule has 0 aromatic rings. The van der Waals surface area contributed by atoms with Crippen LogP contribution in [0.5, 0.6) is 0 Å². The van der Waals surface area contributed by atoms with Crippen molar-refractivity contribution in [3.8, 4) is 0 Å². The molecule has 2 fully saturated rings. The number of amides is 1. The lowest BCUT2D eigenvalue weighted by molar-refractivity contribution is -0.143. The summed E-state index contributed by atoms with van der Waals surface area (Å²) in [6.45, 7) is 7.20. The summed E-state index contributed by atoms with van der Waals surface area (Å²) in [5.41, 5.74) is -0.0922. The maximum Gasteiger partial charge on any atom is 0.230 e. The fourth-order valence-electron chi connectivity index (χ4n) is 3.06. The second kappa shape index (κ2) is 5.61. The highest BCUT2D eigenvalue weighted by atomic mass is 32.2. The van der Waals surface area contributed by atoms with Gasteiger partial charge < -0.3 is 10.2 Å². The van der Waals surface area contributed by atoms with Crippen molar-refractivity contribution in [1.29, 1.82) is 0 Å². The number of rotatable bonds is 3. The molecule has 4 heteroatoms. The van der Waals surface area contributed by atoms with Gasteiger partial charge in [0.05, 0.1) is 5.41 Å². The van der Waals surface area contributed by atoms with Crippen LogP contribution in [-0.4, -0.2) is 48.0 Å². The lowest BCUT2D eigenvalue weighted by Gasteiger charge is -2.39. The van der Waals surface area contributed by atoms with E-state index in [2.05, 4.69) is 24.1 Å². The van der Waals surface area contributed by atoms with Gasteiger partial charge in [-0.15, -0.1) is 0 Å². The van der Waals surface area contributed by atoms with E-state index in [1.165, 1.54) is 0 Å². The van der Waals surface area contributed by atoms with Crippen LogP contribution in [-0.2, 0) is 4.79 Å². The number of hydrogen-bond donors (Lipinski definition) is 1. The van der Waals surface area contributed by atoms with Gasteiger partial charge in [-0.25, -0.2) is 0 Å². The monoisotopic (exact) mass is 256 g/mol. The lowest BCUT2D eigenvalue weighted by atomic mass is 9.80. The molecule has 98 valence electrons. The summed E-state index contributed by atoms with van der Waals surface area (Å²) < 4.78 is 0. The van der Waals surface area contributed by atoms with E-state index in [0.29, 0.717) is 11.9 Å². The van der Waals surface area contributed by atoms with Gasteiger partial charge in [0, 0.05) is 30.6 Å². The second-order valence-corrected chi connectivity index (χ2v) is 6.53. The zero-order valence-electron chi connectivity index (χ0n) is 11.0. The first-order valence-electron chi connectivity index (χ1n) is 6.79. The van der Waals surface area contributed by atoms with E-state index in [0.717, 1.165) is 50.4 Å². The van der Waals surface area contributed by atoms with E-state index >= 15 is 0 Å². The number of nitrogens with one attached hydrogen (secondary N) is 1. The molecule has 0 spiro atoms. The van der Waals surface area contributed by atoms with E-state index in [-0.39, 0.29) is 5.41 Å². The van der Waals surface area contributed by atoms with E-state index in [1.807, 2.05) is 11.8 Å². The summed E-state index contributed by atoms with van der Waals surface area (Å²) in [6, 6.07) is 0.413. The third kappa shape index (κ3) is 2.63. The summed E-state index contributed by atoms with van der Waals surface area (Å²) in [4.78, 5) is 14.9. The van der Waals surface area contributed by atoms with Crippen LogP contribution in [0.3, 0.4) is 0 Å². The molecule has 0 radical (unpaired) electrons. The minimum absolute atomic E-state index is 0.0922. The Morgan fingerprint density at radius 1 is 1.59 bits per heavy atom. The van der Waals surface area contributed by atoms with Crippen molar-refractivity contribution in [1.82, 2.24) is 10.2 Å². The van der Waals surface area contributed by atoms with Crippen molar-refractivity contribution < 1.29 is 4.79 Å². The van der Waals surface area contributed by atoms with Crippen LogP contribution in [0.4, 0.5) is 0 Å². The maximum absolute atomic E-state index is 12.8. The zero-order chi connectivity index (χ0) is 12.3. The van der Waals surface area contributed by atoms with Crippen molar-refractivity contribution in [2.24, 2.45) is 5.41 Å². The molecule has 2 saturated heterocycles. The zero-order valence-corrected chi connectivity index (χ0v) is 11.8. The molecule has 0 saturated carbocycles. The highest BCUT2D eigenvalue weighted by molar-refractivity contribution is 7.99. The van der Waals surface area contributed by atoms with Gasteiger partial charge in [0.1, 0.15) is 0 Å². The van der Waals surface area contributed by atoms with Crippen LogP contribution in [0.15, 0.2) is 0 Å². The highest BCUT2D eigenvalue weighted by Gasteiger charge is 2.44. The summed E-state index contributed by atoms with van der Waals surface area (Å²) in [5, 5.41) is 3.38. The molecule has 2 rings (SSSR count). The number of nitrogens with zero attached hydrogens (tertiary/aromatic N) is 1. The minimum atomic E-state index is -0.0922. The van der Waals surface area contributed by atoms with Gasteiger partial charge in [0.15, 0.2) is 0 Å². The number of carbonyl (C=O) groups is 1. The van der Waals surface area contributed by atoms with Gasteiger partial charge in [0.25, 0.3) is 0 Å². The Balaban J connectivity index is 2.10. The third-order valence-electron chi connectivity index (χ3n) is 4.05. The van der Waals surface area contributed by atoms with Crippen molar-refractivity contribution in [2.75, 3.05) is 31.1 Å². The van der Waals surface area contributed by atoms with Crippen molar-refractivity contribution in [3.63, 3.8) is 0 Å². The fraction of sp³-hybridized carbons (Fsp3) is 0.923. The SMILES string of the molecule is CCCC1(C(=O)N2CCSCC2C)CCNC1. The lowest BCUT2D eigenvalue weighted by Crippen LogP contribution is -2.52. The van der Waals surface area contributed by atoms with Crippen LogP contribution in [0.2, 0.25) is 0 Å². The normalized spacial score (nSPS) is 34.0. The molecule has 2 atom stereocenters. The molecule has 2 aliphatic heterocycles. The summed E-state index contributed by atoms with van der Waals surface area (Å²) in [6.07, 6.45) is 3.16. The number of carbonyl (C=O) groups excluding carboxylic acids is 1. The van der Waals surface area contributed by atoms with Crippen LogP contribution in [0, 0.1) is 5.41 Å². The highest BCUT2D eigenvalue weighted by Crippen LogP contribution is 2.35. The second-order valence-electron chi connectivity index (χ2n) is 5.38. The number of thioether (sulfide) groups is 1. The van der Waals surface area contributed by atoms with E-state index < -0.39 is 0 Å². The van der Waals surface area contributed by atoms with Gasteiger partial charge >= 0.3 is 0 Å². The van der Waals surface area contributed by atoms with Crippen LogP contribution < -0.4 is 5.32 Å². The molecule has 0 aromatic carbocycles. The van der Waals surface area contributed by atoms with Crippen LogP contribution in [0.25, 0.3) is 0 Å². The number of hydrogen-bond acceptors (Lipinski definition) is 3. The Morgan fingerprint density at radius 2 is 2.41 bits per heavy atom. The van der Waals surface area contributed by atoms with Crippen molar-refractivity contribution in [3.05, 3.63) is 0 Å². The molecular weight excluding hydrogens is 232 g/mol. The average Bonchev–Trinajstić information content (AvgIpc) is 2.79. The average molecular weight is 256 g/mol. The fourth-order valence-corrected chi connectivity index (χ4v) is 4.07. The van der Waals surface area contributed by atoms with Gasteiger partial charge in [-0.3, -0.25) is 4.79 Å². The van der Waals surface area contributed by atoms with Gasteiger partial charge in [-0.1, -0.05) is 13.3 Å². The van der Waals surface area contributed by atoms with Gasteiger partial charge in [-0.05, 0) is 26.3 Å². The van der Waals surface area contributed by atoms with Crippen LogP contribution in [0.1, 0.15) is 33.1 Å². The Kier molecular flexibility index (Phi) is 4.36. The Bertz CT molecular complexity index is 277. The molecule has 2 aliphatic rings. The predicted octanol–water partition coefficient (Wildman–Crippen LogP) is 1.73. The molecule has 17 heavy (non-hydrogen) atoms. The van der Waals surface area contributed by atoms with Gasteiger partial charge in [0.2, 0.25) is 5.91 Å². The quantitative estimate of drug-likeness (QED) is 0.834. The van der Waals surface area contributed by atoms with Crippen molar-refractivity contribution in [2.45, 2.75) is 39.2 Å². The Labute approximate surface area is 109 Å². The Hall–Kier alpha value is -0.220. The van der Waals surface area contributed by atoms with Crippen LogP contribution >= 0.6 is 11.8 Å². The first-order chi connectivity index (χ1) is 8.19. The van der Waals surface area contributed by atoms with Gasteiger partial charge in [-0.2, -0.15) is 11.8 Å². The standard InChI is InChI=1S/C13H24N2OS/c1-3-4-13(5-6-14-10-13)12(16)15-7-8-17-9-11(15)2/h11,14H,3-10H2,1-2H3. The topological polar surface area (TPSA) is 32.3 Å². The van der Waals surface area contributed by atoms with E-state index in [1.54, 1.807) is 0 Å². The summed E-state index contributed by atoms with van der Waals surface area (Å²) in [5.74, 6) is 2.62. The molecule has 2 unspecified atom stereocenters. The predicted molar refractivity (Wildman–Crippen MR) is 73.3 cm³/mol. The molecule has 1 N–H and O–H groups in total. The third-order valence-corrected chi connectivity index (χ3v) is 5.24. The molecule has 0 aliphatic carbocycles. The van der Waals surface area contributed by atoms with E-state index in [9.17, 15) is 4.79 Å². The maximum atomic E-state index is 12.8. The summed E-state index contributed by atoms with van der Waals surface area (Å²) >= 11 is 1.97. The molecule has 3 nitrogen and oxygen atoms in total. The first-order valence-corrected chi connectivity index (χ1v) is 7.94. The Morgan fingerprint density at radius 3 is 3.00 bits per heavy atom. The van der Waals surface area contributed by atoms with E-state index in [4.69, 9.17) is 0 Å². The van der Waals surface area contributed by atoms with Crippen molar-refractivity contribution >= 4 is 17.7 Å². The smallest absolute Gasteiger partial charge is 0.230 e. The molecule has 0 aromatic heterocycles. The molecule has 0 bridgehead atoms. The first kappa shape index (κ1) is 13.2.